The lowest BCUT2D eigenvalue weighted by Crippen LogP contribution is -2.26. The Morgan fingerprint density at radius 3 is 2.52 bits per heavy atom. The summed E-state index contributed by atoms with van der Waals surface area (Å²) >= 11 is 0. The Labute approximate surface area is 156 Å². The van der Waals surface area contributed by atoms with Gasteiger partial charge < -0.3 is 15.4 Å². The summed E-state index contributed by atoms with van der Waals surface area (Å²) in [6.07, 6.45) is 3.44. The molecular weight excluding hydrogens is 347 g/mol. The summed E-state index contributed by atoms with van der Waals surface area (Å²) in [5, 5.41) is 5.59. The minimum absolute atomic E-state index is 0.214. The maximum atomic E-state index is 13.6. The number of para-hydroxylation sites is 2. The predicted molar refractivity (Wildman–Crippen MR) is 101 cm³/mol. The van der Waals surface area contributed by atoms with E-state index in [0.29, 0.717) is 18.5 Å². The van der Waals surface area contributed by atoms with Crippen molar-refractivity contribution in [3.05, 3.63) is 77.9 Å². The number of carbonyl (C=O) groups excluding carboxylic acids is 1. The smallest absolute Gasteiger partial charge is 0.254 e. The third-order valence-electron chi connectivity index (χ3n) is 3.91. The molecule has 1 amide bonds. The second-order valence-corrected chi connectivity index (χ2v) is 5.72. The van der Waals surface area contributed by atoms with Gasteiger partial charge in [0.1, 0.15) is 11.6 Å². The summed E-state index contributed by atoms with van der Waals surface area (Å²) in [4.78, 5) is 20.3. The molecule has 0 radical (unpaired) electrons. The SMILES string of the molecule is COc1ccccc1CCNC(=O)c1cnc(Nc2ccccc2F)nc1. The van der Waals surface area contributed by atoms with Crippen LogP contribution < -0.4 is 15.4 Å². The van der Waals surface area contributed by atoms with Crippen molar-refractivity contribution in [1.29, 1.82) is 0 Å². The van der Waals surface area contributed by atoms with Crippen LogP contribution in [0.4, 0.5) is 16.0 Å². The highest BCUT2D eigenvalue weighted by Gasteiger charge is 2.09. The topological polar surface area (TPSA) is 76.1 Å². The Bertz CT molecular complexity index is 916. The van der Waals surface area contributed by atoms with Crippen molar-refractivity contribution < 1.29 is 13.9 Å². The summed E-state index contributed by atoms with van der Waals surface area (Å²) in [7, 11) is 1.62. The van der Waals surface area contributed by atoms with Gasteiger partial charge in [-0.2, -0.15) is 0 Å². The van der Waals surface area contributed by atoms with Crippen LogP contribution in [0, 0.1) is 5.82 Å². The molecule has 6 nitrogen and oxygen atoms in total. The van der Waals surface area contributed by atoms with Gasteiger partial charge in [-0.25, -0.2) is 14.4 Å². The van der Waals surface area contributed by atoms with E-state index in [1.54, 1.807) is 25.3 Å². The quantitative estimate of drug-likeness (QED) is 0.671. The highest BCUT2D eigenvalue weighted by molar-refractivity contribution is 5.93. The first-order valence-corrected chi connectivity index (χ1v) is 8.41. The van der Waals surface area contributed by atoms with Crippen molar-refractivity contribution in [1.82, 2.24) is 15.3 Å². The van der Waals surface area contributed by atoms with Gasteiger partial charge in [0.25, 0.3) is 5.91 Å². The van der Waals surface area contributed by atoms with E-state index in [-0.39, 0.29) is 17.5 Å². The third-order valence-corrected chi connectivity index (χ3v) is 3.91. The van der Waals surface area contributed by atoms with Gasteiger partial charge >= 0.3 is 0 Å². The predicted octanol–water partition coefficient (Wildman–Crippen LogP) is 3.34. The number of nitrogens with zero attached hydrogens (tertiary/aromatic N) is 2. The highest BCUT2D eigenvalue weighted by Crippen LogP contribution is 2.18. The molecule has 2 aromatic carbocycles. The van der Waals surface area contributed by atoms with Crippen LogP contribution in [0.25, 0.3) is 0 Å². The number of halogens is 1. The zero-order chi connectivity index (χ0) is 19.1. The first kappa shape index (κ1) is 18.3. The van der Waals surface area contributed by atoms with Gasteiger partial charge in [0.2, 0.25) is 5.95 Å². The van der Waals surface area contributed by atoms with E-state index >= 15 is 0 Å². The molecular formula is C20H19FN4O2. The molecule has 3 rings (SSSR count). The van der Waals surface area contributed by atoms with E-state index in [1.165, 1.54) is 18.5 Å². The molecule has 0 bridgehead atoms. The van der Waals surface area contributed by atoms with Crippen molar-refractivity contribution in [3.8, 4) is 5.75 Å². The van der Waals surface area contributed by atoms with Gasteiger partial charge in [0, 0.05) is 18.9 Å². The minimum Gasteiger partial charge on any atom is -0.496 e. The normalized spacial score (nSPS) is 10.3. The second-order valence-electron chi connectivity index (χ2n) is 5.72. The average Bonchev–Trinajstić information content (AvgIpc) is 2.70. The summed E-state index contributed by atoms with van der Waals surface area (Å²) in [5.41, 5.74) is 1.61. The van der Waals surface area contributed by atoms with E-state index in [9.17, 15) is 9.18 Å². The average molecular weight is 366 g/mol. The molecule has 1 heterocycles. The molecule has 0 saturated carbocycles. The highest BCUT2D eigenvalue weighted by atomic mass is 19.1. The molecule has 0 aliphatic heterocycles. The minimum atomic E-state index is -0.403. The van der Waals surface area contributed by atoms with E-state index in [1.807, 2.05) is 24.3 Å². The molecule has 3 aromatic rings. The molecule has 7 heteroatoms. The Morgan fingerprint density at radius 2 is 1.78 bits per heavy atom. The number of carbonyl (C=O) groups is 1. The zero-order valence-electron chi connectivity index (χ0n) is 14.8. The van der Waals surface area contributed by atoms with Crippen molar-refractivity contribution in [2.45, 2.75) is 6.42 Å². The van der Waals surface area contributed by atoms with Crippen molar-refractivity contribution in [3.63, 3.8) is 0 Å². The number of anilines is 2. The molecule has 0 aliphatic carbocycles. The number of hydrogen-bond acceptors (Lipinski definition) is 5. The van der Waals surface area contributed by atoms with Crippen molar-refractivity contribution in [2.75, 3.05) is 19.0 Å². The molecule has 0 saturated heterocycles. The number of benzene rings is 2. The van der Waals surface area contributed by atoms with Gasteiger partial charge in [0.05, 0.1) is 18.4 Å². The lowest BCUT2D eigenvalue weighted by molar-refractivity contribution is 0.0953. The molecule has 27 heavy (non-hydrogen) atoms. The summed E-state index contributed by atoms with van der Waals surface area (Å²) in [6, 6.07) is 13.9. The molecule has 138 valence electrons. The van der Waals surface area contributed by atoms with Crippen LogP contribution in [0.3, 0.4) is 0 Å². The van der Waals surface area contributed by atoms with E-state index in [2.05, 4.69) is 20.6 Å². The first-order valence-electron chi connectivity index (χ1n) is 8.41. The lowest BCUT2D eigenvalue weighted by Gasteiger charge is -2.09. The van der Waals surface area contributed by atoms with E-state index < -0.39 is 5.82 Å². The second kappa shape index (κ2) is 8.75. The molecule has 0 fully saturated rings. The summed E-state index contributed by atoms with van der Waals surface area (Å²) in [5.74, 6) is 0.325. The number of aromatic nitrogens is 2. The fourth-order valence-electron chi connectivity index (χ4n) is 2.52. The molecule has 1 aromatic heterocycles. The van der Waals surface area contributed by atoms with Gasteiger partial charge in [-0.1, -0.05) is 30.3 Å². The molecule has 0 aliphatic rings. The van der Waals surface area contributed by atoms with Crippen LogP contribution >= 0.6 is 0 Å². The molecule has 2 N–H and O–H groups in total. The Kier molecular flexibility index (Phi) is 5.94. The van der Waals surface area contributed by atoms with E-state index in [0.717, 1.165) is 11.3 Å². The van der Waals surface area contributed by atoms with E-state index in [4.69, 9.17) is 4.74 Å². The fraction of sp³-hybridized carbons (Fsp3) is 0.150. The van der Waals surface area contributed by atoms with Crippen LogP contribution in [0.1, 0.15) is 15.9 Å². The van der Waals surface area contributed by atoms with Gasteiger partial charge in [-0.15, -0.1) is 0 Å². The maximum absolute atomic E-state index is 13.6. The number of rotatable bonds is 7. The number of hydrogen-bond donors (Lipinski definition) is 2. The fourth-order valence-corrected chi connectivity index (χ4v) is 2.52. The standard InChI is InChI=1S/C20H19FN4O2/c1-27-18-9-5-2-6-14(18)10-11-22-19(26)15-12-23-20(24-13-15)25-17-8-4-3-7-16(17)21/h2-9,12-13H,10-11H2,1H3,(H,22,26)(H,23,24,25). The lowest BCUT2D eigenvalue weighted by atomic mass is 10.1. The van der Waals surface area contributed by atoms with Gasteiger partial charge in [0.15, 0.2) is 0 Å². The zero-order valence-corrected chi connectivity index (χ0v) is 14.8. The van der Waals surface area contributed by atoms with Gasteiger partial charge in [-0.3, -0.25) is 4.79 Å². The van der Waals surface area contributed by atoms with Crippen LogP contribution in [0.2, 0.25) is 0 Å². The van der Waals surface area contributed by atoms with Crippen LogP contribution in [0.5, 0.6) is 5.75 Å². The summed E-state index contributed by atoms with van der Waals surface area (Å²) in [6.45, 7) is 0.453. The Morgan fingerprint density at radius 1 is 1.07 bits per heavy atom. The molecule has 0 spiro atoms. The summed E-state index contributed by atoms with van der Waals surface area (Å²) < 4.78 is 18.9. The number of amides is 1. The van der Waals surface area contributed by atoms with Crippen molar-refractivity contribution >= 4 is 17.5 Å². The van der Waals surface area contributed by atoms with Crippen LogP contribution in [-0.4, -0.2) is 29.5 Å². The first-order chi connectivity index (χ1) is 13.2. The number of methoxy groups -OCH3 is 1. The van der Waals surface area contributed by atoms with Crippen LogP contribution in [0.15, 0.2) is 60.9 Å². The third kappa shape index (κ3) is 4.78. The number of ether oxygens (including phenoxy) is 1. The maximum Gasteiger partial charge on any atom is 0.254 e. The monoisotopic (exact) mass is 366 g/mol. The Balaban J connectivity index is 1.55. The largest absolute Gasteiger partial charge is 0.496 e. The Hall–Kier alpha value is -3.48. The van der Waals surface area contributed by atoms with Crippen LogP contribution in [-0.2, 0) is 6.42 Å². The molecule has 0 atom stereocenters. The molecule has 0 unspecified atom stereocenters. The van der Waals surface area contributed by atoms with Gasteiger partial charge in [-0.05, 0) is 30.2 Å². The number of nitrogens with one attached hydrogen (secondary N) is 2. The van der Waals surface area contributed by atoms with Crippen molar-refractivity contribution in [2.24, 2.45) is 0 Å².